The van der Waals surface area contributed by atoms with Gasteiger partial charge in [0.15, 0.2) is 0 Å². The highest BCUT2D eigenvalue weighted by Gasteiger charge is 2.41. The second kappa shape index (κ2) is 4.69. The van der Waals surface area contributed by atoms with Gasteiger partial charge in [-0.1, -0.05) is 25.7 Å². The average Bonchev–Trinajstić information content (AvgIpc) is 2.56. The fraction of sp³-hybridized carbons (Fsp3) is 0.583. The fourth-order valence-corrected chi connectivity index (χ4v) is 2.55. The lowest BCUT2D eigenvalue weighted by molar-refractivity contribution is -0.148. The van der Waals surface area contributed by atoms with Crippen molar-refractivity contribution in [3.8, 4) is 0 Å². The van der Waals surface area contributed by atoms with Crippen LogP contribution in [0, 0.1) is 0 Å². The molecule has 0 amide bonds. The first-order valence-electron chi connectivity index (χ1n) is 5.94. The molecule has 0 radical (unpaired) electrons. The smallest absolute Gasteiger partial charge is 0.348 e. The van der Waals surface area contributed by atoms with E-state index in [1.54, 1.807) is 6.07 Å². The van der Waals surface area contributed by atoms with Gasteiger partial charge in [0.25, 0.3) is 0 Å². The summed E-state index contributed by atoms with van der Waals surface area (Å²) < 4.78 is 1.29. The highest BCUT2D eigenvalue weighted by atomic mass is 16.4. The molecule has 5 heteroatoms. The quantitative estimate of drug-likeness (QED) is 0.787. The van der Waals surface area contributed by atoms with E-state index >= 15 is 0 Å². The van der Waals surface area contributed by atoms with E-state index in [9.17, 15) is 14.7 Å². The number of aromatic nitrogens is 2. The topological polar surface area (TPSA) is 72.2 Å². The summed E-state index contributed by atoms with van der Waals surface area (Å²) in [5.74, 6) is -0.922. The predicted molar refractivity (Wildman–Crippen MR) is 61.8 cm³/mol. The zero-order chi connectivity index (χ0) is 12.3. The third-order valence-corrected chi connectivity index (χ3v) is 3.50. The van der Waals surface area contributed by atoms with Gasteiger partial charge in [-0.3, -0.25) is 4.57 Å². The molecule has 1 aromatic heterocycles. The zero-order valence-corrected chi connectivity index (χ0v) is 9.63. The van der Waals surface area contributed by atoms with Crippen LogP contribution in [-0.4, -0.2) is 20.6 Å². The minimum atomic E-state index is -1.10. The van der Waals surface area contributed by atoms with Crippen LogP contribution < -0.4 is 5.69 Å². The van der Waals surface area contributed by atoms with Gasteiger partial charge in [-0.25, -0.2) is 14.6 Å². The second-order valence-corrected chi connectivity index (χ2v) is 4.52. The van der Waals surface area contributed by atoms with E-state index in [0.717, 1.165) is 25.7 Å². The molecule has 0 spiro atoms. The molecule has 92 valence electrons. The van der Waals surface area contributed by atoms with Crippen molar-refractivity contribution in [1.29, 1.82) is 0 Å². The van der Waals surface area contributed by atoms with E-state index in [2.05, 4.69) is 4.98 Å². The van der Waals surface area contributed by atoms with Crippen molar-refractivity contribution >= 4 is 5.97 Å². The Labute approximate surface area is 99.1 Å². The molecule has 5 nitrogen and oxygen atoms in total. The van der Waals surface area contributed by atoms with Crippen LogP contribution in [0.4, 0.5) is 0 Å². The maximum atomic E-state index is 11.7. The lowest BCUT2D eigenvalue weighted by Crippen LogP contribution is -2.47. The highest BCUT2D eigenvalue weighted by Crippen LogP contribution is 2.32. The summed E-state index contributed by atoms with van der Waals surface area (Å²) in [6, 6.07) is 1.61. The van der Waals surface area contributed by atoms with E-state index in [0.29, 0.717) is 12.8 Å². The number of carboxylic acids is 1. The van der Waals surface area contributed by atoms with Crippen LogP contribution in [0.2, 0.25) is 0 Å². The molecule has 1 aliphatic carbocycles. The number of nitrogens with zero attached hydrogens (tertiary/aromatic N) is 2. The first-order valence-corrected chi connectivity index (χ1v) is 5.94. The van der Waals surface area contributed by atoms with Gasteiger partial charge in [0, 0.05) is 12.4 Å². The van der Waals surface area contributed by atoms with Crippen molar-refractivity contribution in [1.82, 2.24) is 9.55 Å². The van der Waals surface area contributed by atoms with Crippen molar-refractivity contribution in [3.63, 3.8) is 0 Å². The largest absolute Gasteiger partial charge is 0.479 e. The van der Waals surface area contributed by atoms with E-state index in [1.165, 1.54) is 17.0 Å². The maximum Gasteiger partial charge on any atom is 0.348 e. The van der Waals surface area contributed by atoms with Crippen molar-refractivity contribution in [2.75, 3.05) is 0 Å². The first kappa shape index (κ1) is 11.8. The fourth-order valence-electron chi connectivity index (χ4n) is 2.55. The van der Waals surface area contributed by atoms with Gasteiger partial charge in [-0.15, -0.1) is 0 Å². The van der Waals surface area contributed by atoms with Gasteiger partial charge < -0.3 is 5.11 Å². The molecular formula is C12H16N2O3. The third-order valence-electron chi connectivity index (χ3n) is 3.50. The monoisotopic (exact) mass is 236 g/mol. The summed E-state index contributed by atoms with van der Waals surface area (Å²) in [4.78, 5) is 27.0. The molecule has 1 heterocycles. The minimum Gasteiger partial charge on any atom is -0.479 e. The molecule has 1 aliphatic rings. The Morgan fingerprint density at radius 2 is 1.94 bits per heavy atom. The van der Waals surface area contributed by atoms with E-state index in [4.69, 9.17) is 0 Å². The molecular weight excluding hydrogens is 220 g/mol. The lowest BCUT2D eigenvalue weighted by atomic mass is 9.90. The average molecular weight is 236 g/mol. The number of rotatable bonds is 2. The number of aliphatic carboxylic acids is 1. The summed E-state index contributed by atoms with van der Waals surface area (Å²) in [6.07, 6.45) is 7.69. The molecule has 0 unspecified atom stereocenters. The summed E-state index contributed by atoms with van der Waals surface area (Å²) in [6.45, 7) is 0. The molecule has 0 atom stereocenters. The lowest BCUT2D eigenvalue weighted by Gasteiger charge is -2.29. The highest BCUT2D eigenvalue weighted by molar-refractivity contribution is 5.76. The predicted octanol–water partition coefficient (Wildman–Crippen LogP) is 1.38. The first-order chi connectivity index (χ1) is 8.17. The molecule has 1 saturated carbocycles. The Balaban J connectivity index is 2.50. The van der Waals surface area contributed by atoms with Crippen LogP contribution in [0.1, 0.15) is 38.5 Å². The van der Waals surface area contributed by atoms with E-state index < -0.39 is 17.2 Å². The Hall–Kier alpha value is -1.65. The minimum absolute atomic E-state index is 0.475. The van der Waals surface area contributed by atoms with Gasteiger partial charge in [0.2, 0.25) is 0 Å². The van der Waals surface area contributed by atoms with Gasteiger partial charge in [0.05, 0.1) is 0 Å². The number of carbonyl (C=O) groups is 1. The molecule has 17 heavy (non-hydrogen) atoms. The SMILES string of the molecule is O=C(O)C1(n2cccnc2=O)CCCCCC1. The second-order valence-electron chi connectivity index (χ2n) is 4.52. The molecule has 1 aromatic rings. The molecule has 0 aliphatic heterocycles. The summed E-state index contributed by atoms with van der Waals surface area (Å²) >= 11 is 0. The van der Waals surface area contributed by atoms with Gasteiger partial charge in [-0.05, 0) is 18.9 Å². The van der Waals surface area contributed by atoms with Gasteiger partial charge in [0.1, 0.15) is 5.54 Å². The standard InChI is InChI=1S/C12H16N2O3/c15-10(16)12(6-3-1-2-4-7-12)14-9-5-8-13-11(14)17/h5,8-9H,1-4,6-7H2,(H,15,16). The van der Waals surface area contributed by atoms with Crippen molar-refractivity contribution in [2.24, 2.45) is 0 Å². The molecule has 0 aromatic carbocycles. The van der Waals surface area contributed by atoms with Crippen LogP contribution in [-0.2, 0) is 10.3 Å². The van der Waals surface area contributed by atoms with Crippen LogP contribution >= 0.6 is 0 Å². The Bertz CT molecular complexity index is 459. The summed E-state index contributed by atoms with van der Waals surface area (Å²) in [5.41, 5.74) is -1.57. The molecule has 2 rings (SSSR count). The van der Waals surface area contributed by atoms with E-state index in [-0.39, 0.29) is 0 Å². The Morgan fingerprint density at radius 1 is 1.29 bits per heavy atom. The number of hydrogen-bond donors (Lipinski definition) is 1. The molecule has 1 fully saturated rings. The van der Waals surface area contributed by atoms with E-state index in [1.807, 2.05) is 0 Å². The van der Waals surface area contributed by atoms with Gasteiger partial charge >= 0.3 is 11.7 Å². The number of hydrogen-bond acceptors (Lipinski definition) is 3. The van der Waals surface area contributed by atoms with Crippen molar-refractivity contribution < 1.29 is 9.90 Å². The summed E-state index contributed by atoms with van der Waals surface area (Å²) in [7, 11) is 0. The third kappa shape index (κ3) is 2.09. The maximum absolute atomic E-state index is 11.7. The van der Waals surface area contributed by atoms with Crippen LogP contribution in [0.15, 0.2) is 23.3 Å². The van der Waals surface area contributed by atoms with Crippen molar-refractivity contribution in [2.45, 2.75) is 44.1 Å². The van der Waals surface area contributed by atoms with Gasteiger partial charge in [-0.2, -0.15) is 0 Å². The van der Waals surface area contributed by atoms with Crippen LogP contribution in [0.3, 0.4) is 0 Å². The molecule has 0 bridgehead atoms. The Morgan fingerprint density at radius 3 is 2.47 bits per heavy atom. The number of carboxylic acid groups (broad SMARTS) is 1. The normalized spacial score (nSPS) is 19.5. The zero-order valence-electron chi connectivity index (χ0n) is 9.63. The summed E-state index contributed by atoms with van der Waals surface area (Å²) in [5, 5.41) is 9.50. The Kier molecular flexibility index (Phi) is 3.26. The molecule has 0 saturated heterocycles. The van der Waals surface area contributed by atoms with Crippen LogP contribution in [0.25, 0.3) is 0 Å². The molecule has 1 N–H and O–H groups in total. The van der Waals surface area contributed by atoms with Crippen LogP contribution in [0.5, 0.6) is 0 Å². The van der Waals surface area contributed by atoms with Crippen molar-refractivity contribution in [3.05, 3.63) is 28.9 Å².